The van der Waals surface area contributed by atoms with Crippen molar-refractivity contribution in [3.05, 3.63) is 57.3 Å². The summed E-state index contributed by atoms with van der Waals surface area (Å²) in [5.41, 5.74) is 2.64. The van der Waals surface area contributed by atoms with Gasteiger partial charge in [-0.15, -0.1) is 11.3 Å². The smallest absolute Gasteiger partial charge is 0.160 e. The van der Waals surface area contributed by atoms with Crippen LogP contribution in [0, 0.1) is 17.3 Å². The van der Waals surface area contributed by atoms with Crippen LogP contribution in [0.4, 0.5) is 0 Å². The lowest BCUT2D eigenvalue weighted by molar-refractivity contribution is 0.112. The number of rotatable bonds is 4. The van der Waals surface area contributed by atoms with Crippen molar-refractivity contribution >= 4 is 17.6 Å². The van der Waals surface area contributed by atoms with Gasteiger partial charge in [-0.2, -0.15) is 0 Å². The molecule has 2 heteroatoms. The van der Waals surface area contributed by atoms with Gasteiger partial charge in [-0.05, 0) is 42.9 Å². The summed E-state index contributed by atoms with van der Waals surface area (Å²) in [6, 6.07) is 12.6. The van der Waals surface area contributed by atoms with Crippen LogP contribution in [0.25, 0.3) is 0 Å². The first-order valence-electron chi connectivity index (χ1n) is 7.40. The van der Waals surface area contributed by atoms with E-state index >= 15 is 0 Å². The molecular weight excluding hydrogens is 276 g/mol. The zero-order valence-electron chi connectivity index (χ0n) is 12.2. The van der Waals surface area contributed by atoms with Crippen molar-refractivity contribution in [1.29, 1.82) is 0 Å². The number of hydrogen-bond donors (Lipinski definition) is 0. The standard InChI is InChI=1S/C19H18OS/c1-2-16-12-17(21-18(16)14-20)8-9-19(10-11-19)13-15-6-4-3-5-7-15/h3-7,12,14H,2,10-11,13H2,1H3. The average Bonchev–Trinajstić information content (AvgIpc) is 3.15. The van der Waals surface area contributed by atoms with E-state index in [1.54, 1.807) is 0 Å². The Morgan fingerprint density at radius 3 is 2.62 bits per heavy atom. The zero-order chi connectivity index (χ0) is 14.7. The third-order valence-electron chi connectivity index (χ3n) is 4.02. The van der Waals surface area contributed by atoms with E-state index in [2.05, 4.69) is 49.1 Å². The predicted molar refractivity (Wildman–Crippen MR) is 87.8 cm³/mol. The van der Waals surface area contributed by atoms with Crippen LogP contribution in [0.15, 0.2) is 36.4 Å². The first-order valence-corrected chi connectivity index (χ1v) is 8.21. The molecule has 1 saturated carbocycles. The Labute approximate surface area is 130 Å². The van der Waals surface area contributed by atoms with E-state index in [1.165, 1.54) is 29.7 Å². The Kier molecular flexibility index (Phi) is 3.94. The van der Waals surface area contributed by atoms with Crippen LogP contribution in [-0.4, -0.2) is 6.29 Å². The van der Waals surface area contributed by atoms with Crippen LogP contribution in [-0.2, 0) is 12.8 Å². The summed E-state index contributed by atoms with van der Waals surface area (Å²) in [5.74, 6) is 6.77. The molecule has 1 nitrogen and oxygen atoms in total. The fourth-order valence-electron chi connectivity index (χ4n) is 2.56. The molecule has 1 aromatic carbocycles. The Morgan fingerprint density at radius 2 is 2.05 bits per heavy atom. The topological polar surface area (TPSA) is 17.1 Å². The molecular formula is C19H18OS. The second kappa shape index (κ2) is 5.87. The molecule has 0 radical (unpaired) electrons. The number of hydrogen-bond acceptors (Lipinski definition) is 2. The summed E-state index contributed by atoms with van der Waals surface area (Å²) in [5, 5.41) is 0. The largest absolute Gasteiger partial charge is 0.297 e. The van der Waals surface area contributed by atoms with Crippen molar-refractivity contribution in [2.24, 2.45) is 5.41 Å². The van der Waals surface area contributed by atoms with Crippen molar-refractivity contribution in [3.63, 3.8) is 0 Å². The minimum atomic E-state index is 0.166. The number of carbonyl (C=O) groups is 1. The normalized spacial score (nSPS) is 15.1. The third-order valence-corrected chi connectivity index (χ3v) is 5.04. The summed E-state index contributed by atoms with van der Waals surface area (Å²) in [4.78, 5) is 12.9. The van der Waals surface area contributed by atoms with Crippen LogP contribution in [0.5, 0.6) is 0 Å². The number of aldehydes is 1. The Morgan fingerprint density at radius 1 is 1.29 bits per heavy atom. The van der Waals surface area contributed by atoms with Crippen LogP contribution in [0.3, 0.4) is 0 Å². The van der Waals surface area contributed by atoms with Crippen molar-refractivity contribution < 1.29 is 4.79 Å². The van der Waals surface area contributed by atoms with Crippen molar-refractivity contribution in [1.82, 2.24) is 0 Å². The van der Waals surface area contributed by atoms with Crippen molar-refractivity contribution in [3.8, 4) is 11.8 Å². The Bertz CT molecular complexity index is 696. The van der Waals surface area contributed by atoms with Crippen LogP contribution in [0.1, 0.15) is 45.4 Å². The van der Waals surface area contributed by atoms with Crippen molar-refractivity contribution in [2.75, 3.05) is 0 Å². The van der Waals surface area contributed by atoms with Crippen LogP contribution in [0.2, 0.25) is 0 Å². The molecule has 0 atom stereocenters. The molecule has 0 bridgehead atoms. The fraction of sp³-hybridized carbons (Fsp3) is 0.316. The molecule has 106 valence electrons. The lowest BCUT2D eigenvalue weighted by Gasteiger charge is -2.06. The Hall–Kier alpha value is -1.85. The van der Waals surface area contributed by atoms with E-state index in [4.69, 9.17) is 0 Å². The lowest BCUT2D eigenvalue weighted by Crippen LogP contribution is -2.01. The first kappa shape index (κ1) is 14.1. The van der Waals surface area contributed by atoms with Crippen LogP contribution >= 0.6 is 11.3 Å². The molecule has 1 fully saturated rings. The predicted octanol–water partition coefficient (Wildman–Crippen LogP) is 4.50. The number of aryl methyl sites for hydroxylation is 1. The quantitative estimate of drug-likeness (QED) is 0.599. The van der Waals surface area contributed by atoms with E-state index in [-0.39, 0.29) is 5.41 Å². The summed E-state index contributed by atoms with van der Waals surface area (Å²) in [6.07, 6.45) is 5.24. The van der Waals surface area contributed by atoms with Gasteiger partial charge in [0.05, 0.1) is 9.75 Å². The van der Waals surface area contributed by atoms with E-state index in [0.29, 0.717) is 0 Å². The van der Waals surface area contributed by atoms with Gasteiger partial charge in [0.1, 0.15) is 0 Å². The molecule has 0 unspecified atom stereocenters. The lowest BCUT2D eigenvalue weighted by atomic mass is 9.97. The second-order valence-corrected chi connectivity index (χ2v) is 6.75. The van der Waals surface area contributed by atoms with Gasteiger partial charge in [0.15, 0.2) is 6.29 Å². The van der Waals surface area contributed by atoms with E-state index in [1.807, 2.05) is 6.07 Å². The van der Waals surface area contributed by atoms with Gasteiger partial charge in [-0.25, -0.2) is 0 Å². The zero-order valence-corrected chi connectivity index (χ0v) is 13.0. The molecule has 1 aromatic heterocycles. The molecule has 0 saturated heterocycles. The molecule has 3 rings (SSSR count). The van der Waals surface area contributed by atoms with Gasteiger partial charge in [0.2, 0.25) is 0 Å². The molecule has 0 aliphatic heterocycles. The highest BCUT2D eigenvalue weighted by atomic mass is 32.1. The van der Waals surface area contributed by atoms with Crippen molar-refractivity contribution in [2.45, 2.75) is 32.6 Å². The van der Waals surface area contributed by atoms with Gasteiger partial charge >= 0.3 is 0 Å². The van der Waals surface area contributed by atoms with Gasteiger partial charge in [-0.1, -0.05) is 49.1 Å². The minimum Gasteiger partial charge on any atom is -0.297 e. The maximum absolute atomic E-state index is 11.0. The molecule has 0 N–H and O–H groups in total. The average molecular weight is 294 g/mol. The number of carbonyl (C=O) groups excluding carboxylic acids is 1. The van der Waals surface area contributed by atoms with Crippen LogP contribution < -0.4 is 0 Å². The van der Waals surface area contributed by atoms with Gasteiger partial charge in [0.25, 0.3) is 0 Å². The first-order chi connectivity index (χ1) is 10.2. The van der Waals surface area contributed by atoms with Gasteiger partial charge in [0, 0.05) is 5.41 Å². The summed E-state index contributed by atoms with van der Waals surface area (Å²) in [6.45, 7) is 2.07. The maximum atomic E-state index is 11.0. The summed E-state index contributed by atoms with van der Waals surface area (Å²) >= 11 is 1.52. The van der Waals surface area contributed by atoms with E-state index < -0.39 is 0 Å². The second-order valence-electron chi connectivity index (χ2n) is 5.66. The summed E-state index contributed by atoms with van der Waals surface area (Å²) < 4.78 is 0. The summed E-state index contributed by atoms with van der Waals surface area (Å²) in [7, 11) is 0. The maximum Gasteiger partial charge on any atom is 0.160 e. The van der Waals surface area contributed by atoms with E-state index in [0.717, 1.165) is 34.4 Å². The number of thiophene rings is 1. The molecule has 1 aliphatic rings. The van der Waals surface area contributed by atoms with Gasteiger partial charge < -0.3 is 0 Å². The highest BCUT2D eigenvalue weighted by Gasteiger charge is 2.40. The number of benzene rings is 1. The Balaban J connectivity index is 1.77. The molecule has 21 heavy (non-hydrogen) atoms. The van der Waals surface area contributed by atoms with Gasteiger partial charge in [-0.3, -0.25) is 4.79 Å². The highest BCUT2D eigenvalue weighted by Crippen LogP contribution is 2.47. The SMILES string of the molecule is CCc1cc(C#CC2(Cc3ccccc3)CC2)sc1C=O. The van der Waals surface area contributed by atoms with E-state index in [9.17, 15) is 4.79 Å². The molecule has 1 aliphatic carbocycles. The molecule has 0 amide bonds. The minimum absolute atomic E-state index is 0.166. The highest BCUT2D eigenvalue weighted by molar-refractivity contribution is 7.14. The molecule has 0 spiro atoms. The fourth-order valence-corrected chi connectivity index (χ4v) is 3.48. The molecule has 2 aromatic rings. The molecule has 1 heterocycles. The monoisotopic (exact) mass is 294 g/mol. The third kappa shape index (κ3) is 3.25.